The monoisotopic (exact) mass is 555 g/mol. The van der Waals surface area contributed by atoms with Crippen LogP contribution < -0.4 is 10.6 Å². The Kier molecular flexibility index (Phi) is 8.48. The number of amides is 2. The Morgan fingerprint density at radius 2 is 1.59 bits per heavy atom. The van der Waals surface area contributed by atoms with Crippen LogP contribution in [0, 0.1) is 18.7 Å². The Morgan fingerprint density at radius 3 is 2.27 bits per heavy atom. The van der Waals surface area contributed by atoms with Crippen molar-refractivity contribution in [2.24, 2.45) is 5.92 Å². The molecule has 2 N–H and O–H groups in total. The Labute approximate surface area is 243 Å². The molecule has 2 amide bonds. The summed E-state index contributed by atoms with van der Waals surface area (Å²) in [6.45, 7) is 8.65. The van der Waals surface area contributed by atoms with Gasteiger partial charge in [-0.2, -0.15) is 0 Å². The number of carbonyl (C=O) groups excluding carboxylic acids is 2. The van der Waals surface area contributed by atoms with Gasteiger partial charge in [0.05, 0.1) is 17.5 Å². The number of hydrogen-bond acceptors (Lipinski definition) is 3. The molecule has 6 heteroatoms. The Morgan fingerprint density at radius 1 is 0.878 bits per heavy atom. The second-order valence-electron chi connectivity index (χ2n) is 12.7. The molecule has 2 atom stereocenters. The van der Waals surface area contributed by atoms with Crippen LogP contribution in [-0.2, 0) is 10.2 Å². The van der Waals surface area contributed by atoms with Crippen LogP contribution in [0.1, 0.15) is 92.4 Å². The molecule has 0 unspecified atom stereocenters. The standard InChI is InChI=1S/C35H42FN3O2/c1-23-10-7-16-30(36)31(23)34(41)39-21-9-15-29(33(40)38-28-14-8-11-25(22-28)35(2,3)4)32(39)24-17-19-27(20-18-24)37-26-12-5-6-13-26/h7-8,10-11,14,16-20,22,26,29,32,37H,5-6,9,12-13,15,21H2,1-4H3,(H,38,40)/t29-,32-/m0/s1. The lowest BCUT2D eigenvalue weighted by atomic mass is 9.83. The van der Waals surface area contributed by atoms with Gasteiger partial charge in [-0.15, -0.1) is 0 Å². The lowest BCUT2D eigenvalue weighted by molar-refractivity contribution is -0.123. The van der Waals surface area contributed by atoms with E-state index in [2.05, 4.69) is 37.5 Å². The first-order valence-corrected chi connectivity index (χ1v) is 15.0. The Hall–Kier alpha value is -3.67. The molecule has 5 nitrogen and oxygen atoms in total. The summed E-state index contributed by atoms with van der Waals surface area (Å²) in [6, 6.07) is 20.7. The minimum absolute atomic E-state index is 0.0524. The van der Waals surface area contributed by atoms with Gasteiger partial charge in [0.15, 0.2) is 0 Å². The lowest BCUT2D eigenvalue weighted by Gasteiger charge is -2.41. The minimum atomic E-state index is -0.532. The molecular formula is C35H42FN3O2. The van der Waals surface area contributed by atoms with Crippen molar-refractivity contribution in [1.29, 1.82) is 0 Å². The number of anilines is 2. The van der Waals surface area contributed by atoms with Gasteiger partial charge in [-0.25, -0.2) is 4.39 Å². The van der Waals surface area contributed by atoms with Gasteiger partial charge in [0.25, 0.3) is 5.91 Å². The lowest BCUT2D eigenvalue weighted by Crippen LogP contribution is -2.46. The molecular weight excluding hydrogens is 513 g/mol. The van der Waals surface area contributed by atoms with E-state index in [0.29, 0.717) is 31.0 Å². The van der Waals surface area contributed by atoms with Crippen LogP contribution in [-0.4, -0.2) is 29.3 Å². The summed E-state index contributed by atoms with van der Waals surface area (Å²) in [5, 5.41) is 6.76. The number of nitrogens with one attached hydrogen (secondary N) is 2. The van der Waals surface area contributed by atoms with Crippen LogP contribution in [0.4, 0.5) is 15.8 Å². The van der Waals surface area contributed by atoms with E-state index in [4.69, 9.17) is 0 Å². The Balaban J connectivity index is 1.47. The normalized spacial score (nSPS) is 19.7. The van der Waals surface area contributed by atoms with E-state index < -0.39 is 17.8 Å². The summed E-state index contributed by atoms with van der Waals surface area (Å²) in [4.78, 5) is 29.6. The zero-order valence-electron chi connectivity index (χ0n) is 24.7. The molecule has 1 aliphatic carbocycles. The zero-order chi connectivity index (χ0) is 29.1. The third-order valence-electron chi connectivity index (χ3n) is 8.64. The fourth-order valence-corrected chi connectivity index (χ4v) is 6.34. The highest BCUT2D eigenvalue weighted by molar-refractivity contribution is 5.98. The highest BCUT2D eigenvalue weighted by atomic mass is 19.1. The molecule has 2 fully saturated rings. The SMILES string of the molecule is Cc1cccc(F)c1C(=O)N1CCC[C@H](C(=O)Nc2cccc(C(C)(C)C)c2)[C@@H]1c1ccc(NC2CCCC2)cc1. The van der Waals surface area contributed by atoms with Crippen molar-refractivity contribution in [3.63, 3.8) is 0 Å². The average Bonchev–Trinajstić information content (AvgIpc) is 3.46. The minimum Gasteiger partial charge on any atom is -0.382 e. The first kappa shape index (κ1) is 28.8. The van der Waals surface area contributed by atoms with Crippen molar-refractivity contribution in [2.75, 3.05) is 17.2 Å². The van der Waals surface area contributed by atoms with Gasteiger partial charge >= 0.3 is 0 Å². The predicted molar refractivity (Wildman–Crippen MR) is 164 cm³/mol. The fourth-order valence-electron chi connectivity index (χ4n) is 6.34. The van der Waals surface area contributed by atoms with E-state index in [0.717, 1.165) is 22.5 Å². The second-order valence-corrected chi connectivity index (χ2v) is 12.7. The van der Waals surface area contributed by atoms with Crippen molar-refractivity contribution < 1.29 is 14.0 Å². The van der Waals surface area contributed by atoms with Crippen molar-refractivity contribution in [2.45, 2.75) is 83.7 Å². The summed E-state index contributed by atoms with van der Waals surface area (Å²) in [5.41, 5.74) is 4.42. The van der Waals surface area contributed by atoms with Crippen molar-refractivity contribution >= 4 is 23.2 Å². The molecule has 1 saturated heterocycles. The van der Waals surface area contributed by atoms with E-state index >= 15 is 0 Å². The molecule has 41 heavy (non-hydrogen) atoms. The predicted octanol–water partition coefficient (Wildman–Crippen LogP) is 8.02. The maximum Gasteiger partial charge on any atom is 0.257 e. The number of benzene rings is 3. The molecule has 2 aliphatic rings. The first-order chi connectivity index (χ1) is 19.6. The van der Waals surface area contributed by atoms with Crippen LogP contribution in [0.25, 0.3) is 0 Å². The van der Waals surface area contributed by atoms with E-state index in [1.165, 1.54) is 31.7 Å². The third kappa shape index (κ3) is 6.47. The quantitative estimate of drug-likeness (QED) is 0.324. The highest BCUT2D eigenvalue weighted by Crippen LogP contribution is 2.39. The van der Waals surface area contributed by atoms with Gasteiger partial charge in [-0.1, -0.05) is 70.0 Å². The number of carbonyl (C=O) groups is 2. The van der Waals surface area contributed by atoms with Crippen LogP contribution in [0.3, 0.4) is 0 Å². The van der Waals surface area contributed by atoms with Crippen molar-refractivity contribution in [3.05, 3.63) is 94.8 Å². The summed E-state index contributed by atoms with van der Waals surface area (Å²) in [5.74, 6) is -1.51. The van der Waals surface area contributed by atoms with E-state index in [1.54, 1.807) is 24.0 Å². The Bertz CT molecular complexity index is 1370. The molecule has 0 radical (unpaired) electrons. The first-order valence-electron chi connectivity index (χ1n) is 15.0. The molecule has 1 aliphatic heterocycles. The summed E-state index contributed by atoms with van der Waals surface area (Å²) < 4.78 is 15.0. The molecule has 216 valence electrons. The van der Waals surface area contributed by atoms with Gasteiger partial charge in [0.2, 0.25) is 5.91 Å². The number of aryl methyl sites for hydroxylation is 1. The van der Waals surface area contributed by atoms with Gasteiger partial charge in [-0.3, -0.25) is 9.59 Å². The molecule has 5 rings (SSSR count). The summed E-state index contributed by atoms with van der Waals surface area (Å²) >= 11 is 0. The van der Waals surface area contributed by atoms with Gasteiger partial charge in [0, 0.05) is 24.0 Å². The number of nitrogens with zero attached hydrogens (tertiary/aromatic N) is 1. The largest absolute Gasteiger partial charge is 0.382 e. The van der Waals surface area contributed by atoms with E-state index in [-0.39, 0.29) is 22.8 Å². The number of piperidine rings is 1. The molecule has 3 aromatic carbocycles. The molecule has 0 aromatic heterocycles. The van der Waals surface area contributed by atoms with Gasteiger partial charge in [0.1, 0.15) is 5.82 Å². The van der Waals surface area contributed by atoms with Crippen LogP contribution in [0.15, 0.2) is 66.7 Å². The van der Waals surface area contributed by atoms with Crippen LogP contribution in [0.5, 0.6) is 0 Å². The average molecular weight is 556 g/mol. The molecule has 0 bridgehead atoms. The third-order valence-corrected chi connectivity index (χ3v) is 8.64. The van der Waals surface area contributed by atoms with Crippen molar-refractivity contribution in [3.8, 4) is 0 Å². The summed E-state index contributed by atoms with van der Waals surface area (Å²) in [6.07, 6.45) is 6.15. The topological polar surface area (TPSA) is 61.4 Å². The van der Waals surface area contributed by atoms with Crippen LogP contribution in [0.2, 0.25) is 0 Å². The van der Waals surface area contributed by atoms with Gasteiger partial charge < -0.3 is 15.5 Å². The second kappa shape index (κ2) is 12.1. The number of likely N-dealkylation sites (tertiary alicyclic amines) is 1. The number of hydrogen-bond donors (Lipinski definition) is 2. The fraction of sp³-hybridized carbons (Fsp3) is 0.429. The van der Waals surface area contributed by atoms with Crippen molar-refractivity contribution in [1.82, 2.24) is 4.90 Å². The van der Waals surface area contributed by atoms with E-state index in [1.807, 2.05) is 42.5 Å². The maximum absolute atomic E-state index is 15.0. The molecule has 1 heterocycles. The molecule has 1 saturated carbocycles. The molecule has 3 aromatic rings. The van der Waals surface area contributed by atoms with Gasteiger partial charge in [-0.05, 0) is 85.0 Å². The maximum atomic E-state index is 15.0. The highest BCUT2D eigenvalue weighted by Gasteiger charge is 2.40. The summed E-state index contributed by atoms with van der Waals surface area (Å²) in [7, 11) is 0. The smallest absolute Gasteiger partial charge is 0.257 e. The number of rotatable bonds is 6. The van der Waals surface area contributed by atoms with E-state index in [9.17, 15) is 14.0 Å². The number of halogens is 1. The van der Waals surface area contributed by atoms with Crippen LogP contribution >= 0.6 is 0 Å². The molecule has 0 spiro atoms. The zero-order valence-corrected chi connectivity index (χ0v) is 24.7.